The molecule has 0 bridgehead atoms. The second-order valence-corrected chi connectivity index (χ2v) is 6.55. The maximum absolute atomic E-state index is 6.19. The van der Waals surface area contributed by atoms with E-state index in [2.05, 4.69) is 26.4 Å². The summed E-state index contributed by atoms with van der Waals surface area (Å²) in [6.45, 7) is 2.02. The highest BCUT2D eigenvalue weighted by atomic mass is 32.1. The van der Waals surface area contributed by atoms with Gasteiger partial charge in [-0.25, -0.2) is 4.98 Å². The van der Waals surface area contributed by atoms with Gasteiger partial charge >= 0.3 is 0 Å². The van der Waals surface area contributed by atoms with Crippen LogP contribution in [0.15, 0.2) is 17.5 Å². The summed E-state index contributed by atoms with van der Waals surface area (Å²) in [7, 11) is 1.84. The molecule has 6 nitrogen and oxygen atoms in total. The molecule has 0 spiro atoms. The highest BCUT2D eigenvalue weighted by Crippen LogP contribution is 2.34. The molecule has 1 fully saturated rings. The number of hydrogen-bond donors (Lipinski definition) is 1. The van der Waals surface area contributed by atoms with Gasteiger partial charge in [0.1, 0.15) is 5.82 Å². The zero-order valence-corrected chi connectivity index (χ0v) is 13.3. The lowest BCUT2D eigenvalue weighted by Gasteiger charge is -2.26. The molecule has 3 aromatic heterocycles. The summed E-state index contributed by atoms with van der Waals surface area (Å²) >= 11 is 1.66. The number of thiophene rings is 1. The fourth-order valence-corrected chi connectivity index (χ4v) is 3.65. The molecule has 22 heavy (non-hydrogen) atoms. The Hall–Kier alpha value is -2.15. The molecule has 1 aliphatic rings. The van der Waals surface area contributed by atoms with Gasteiger partial charge in [0.05, 0.1) is 16.0 Å². The van der Waals surface area contributed by atoms with Crippen LogP contribution in [0.4, 0.5) is 11.8 Å². The molecule has 0 saturated carbocycles. The van der Waals surface area contributed by atoms with E-state index in [9.17, 15) is 0 Å². The average molecular weight is 314 g/mol. The molecule has 1 aliphatic heterocycles. The van der Waals surface area contributed by atoms with Crippen LogP contribution in [-0.2, 0) is 7.05 Å². The van der Waals surface area contributed by atoms with Crippen LogP contribution >= 0.6 is 11.3 Å². The van der Waals surface area contributed by atoms with E-state index in [-0.39, 0.29) is 0 Å². The van der Waals surface area contributed by atoms with Crippen molar-refractivity contribution in [2.45, 2.75) is 19.3 Å². The van der Waals surface area contributed by atoms with E-state index in [1.165, 1.54) is 19.3 Å². The lowest BCUT2D eigenvalue weighted by molar-refractivity contribution is 0.569. The first kappa shape index (κ1) is 13.5. The third-order valence-corrected chi connectivity index (χ3v) is 5.00. The minimum Gasteiger partial charge on any atom is -0.383 e. The van der Waals surface area contributed by atoms with Gasteiger partial charge in [0.25, 0.3) is 0 Å². The third-order valence-electron chi connectivity index (χ3n) is 4.12. The predicted molar refractivity (Wildman–Crippen MR) is 90.1 cm³/mol. The summed E-state index contributed by atoms with van der Waals surface area (Å²) in [5, 5.41) is 7.36. The molecule has 0 aromatic carbocycles. The highest BCUT2D eigenvalue weighted by Gasteiger charge is 2.21. The highest BCUT2D eigenvalue weighted by molar-refractivity contribution is 7.13. The first-order chi connectivity index (χ1) is 10.7. The standard InChI is InChI=1S/C15H18N6S/c1-20-13(16)11-12(10-6-5-9-22-10)17-15(18-14(11)19-20)21-7-3-2-4-8-21/h5-6,9H,2-4,7-8,16H2,1H3. The number of nitrogens with zero attached hydrogens (tertiary/aromatic N) is 5. The molecule has 3 aromatic rings. The number of anilines is 2. The topological polar surface area (TPSA) is 72.9 Å². The van der Waals surface area contributed by atoms with Gasteiger partial charge in [0.2, 0.25) is 5.95 Å². The molecular weight excluding hydrogens is 296 g/mol. The SMILES string of the molecule is Cn1nc2nc(N3CCCCC3)nc(-c3cccs3)c2c1N. The van der Waals surface area contributed by atoms with E-state index < -0.39 is 0 Å². The number of fused-ring (bicyclic) bond motifs is 1. The van der Waals surface area contributed by atoms with Crippen molar-refractivity contribution in [1.82, 2.24) is 19.7 Å². The van der Waals surface area contributed by atoms with Crippen LogP contribution in [-0.4, -0.2) is 32.8 Å². The molecule has 4 heterocycles. The first-order valence-electron chi connectivity index (χ1n) is 7.53. The molecule has 114 valence electrons. The van der Waals surface area contributed by atoms with Crippen molar-refractivity contribution in [3.8, 4) is 10.6 Å². The normalized spacial score (nSPS) is 15.6. The van der Waals surface area contributed by atoms with Crippen LogP contribution in [0.25, 0.3) is 21.6 Å². The van der Waals surface area contributed by atoms with Crippen molar-refractivity contribution in [3.05, 3.63) is 17.5 Å². The molecule has 0 amide bonds. The van der Waals surface area contributed by atoms with E-state index in [0.717, 1.165) is 35.0 Å². The van der Waals surface area contributed by atoms with Crippen molar-refractivity contribution in [3.63, 3.8) is 0 Å². The molecule has 4 rings (SSSR count). The zero-order chi connectivity index (χ0) is 15.1. The van der Waals surface area contributed by atoms with Crippen molar-refractivity contribution in [2.75, 3.05) is 23.7 Å². The van der Waals surface area contributed by atoms with E-state index in [1.54, 1.807) is 16.0 Å². The fraction of sp³-hybridized carbons (Fsp3) is 0.400. The Morgan fingerprint density at radius 3 is 2.73 bits per heavy atom. The van der Waals surface area contributed by atoms with E-state index in [1.807, 2.05) is 13.1 Å². The summed E-state index contributed by atoms with van der Waals surface area (Å²) in [4.78, 5) is 12.8. The molecule has 0 atom stereocenters. The van der Waals surface area contributed by atoms with Gasteiger partial charge < -0.3 is 10.6 Å². The first-order valence-corrected chi connectivity index (χ1v) is 8.41. The average Bonchev–Trinajstić information content (AvgIpc) is 3.17. The van der Waals surface area contributed by atoms with E-state index in [4.69, 9.17) is 10.7 Å². The molecule has 1 saturated heterocycles. The summed E-state index contributed by atoms with van der Waals surface area (Å²) in [5.74, 6) is 1.39. The van der Waals surface area contributed by atoms with Gasteiger partial charge in [-0.1, -0.05) is 6.07 Å². The number of nitrogens with two attached hydrogens (primary N) is 1. The van der Waals surface area contributed by atoms with Gasteiger partial charge in [-0.15, -0.1) is 11.3 Å². The van der Waals surface area contributed by atoms with Gasteiger partial charge in [-0.3, -0.25) is 4.68 Å². The fourth-order valence-electron chi connectivity index (χ4n) is 2.93. The minimum absolute atomic E-state index is 0.614. The lowest BCUT2D eigenvalue weighted by Crippen LogP contribution is -2.31. The maximum atomic E-state index is 6.19. The van der Waals surface area contributed by atoms with Crippen LogP contribution in [0.1, 0.15) is 19.3 Å². The number of aryl methyl sites for hydroxylation is 1. The van der Waals surface area contributed by atoms with Crippen molar-refractivity contribution < 1.29 is 0 Å². The van der Waals surface area contributed by atoms with Crippen LogP contribution < -0.4 is 10.6 Å². The minimum atomic E-state index is 0.614. The second-order valence-electron chi connectivity index (χ2n) is 5.60. The van der Waals surface area contributed by atoms with Crippen LogP contribution in [0.5, 0.6) is 0 Å². The predicted octanol–water partition coefficient (Wildman–Crippen LogP) is 2.66. The van der Waals surface area contributed by atoms with E-state index in [0.29, 0.717) is 11.5 Å². The Bertz CT molecular complexity index is 801. The van der Waals surface area contributed by atoms with Crippen LogP contribution in [0, 0.1) is 0 Å². The quantitative estimate of drug-likeness (QED) is 0.787. The van der Waals surface area contributed by atoms with Gasteiger partial charge in [-0.2, -0.15) is 10.1 Å². The van der Waals surface area contributed by atoms with Crippen molar-refractivity contribution >= 4 is 34.1 Å². The van der Waals surface area contributed by atoms with Crippen LogP contribution in [0.3, 0.4) is 0 Å². The summed E-state index contributed by atoms with van der Waals surface area (Å²) < 4.78 is 1.68. The Balaban J connectivity index is 1.93. The monoisotopic (exact) mass is 314 g/mol. The Kier molecular flexibility index (Phi) is 3.22. The van der Waals surface area contributed by atoms with Crippen molar-refractivity contribution in [2.24, 2.45) is 7.05 Å². The van der Waals surface area contributed by atoms with E-state index >= 15 is 0 Å². The molecule has 7 heteroatoms. The smallest absolute Gasteiger partial charge is 0.228 e. The molecule has 0 unspecified atom stereocenters. The summed E-state index contributed by atoms with van der Waals surface area (Å²) in [5.41, 5.74) is 7.76. The molecule has 0 aliphatic carbocycles. The van der Waals surface area contributed by atoms with Crippen LogP contribution in [0.2, 0.25) is 0 Å². The zero-order valence-electron chi connectivity index (χ0n) is 12.5. The van der Waals surface area contributed by atoms with Crippen molar-refractivity contribution in [1.29, 1.82) is 0 Å². The third kappa shape index (κ3) is 2.12. The Morgan fingerprint density at radius 1 is 1.18 bits per heavy atom. The number of piperidine rings is 1. The van der Waals surface area contributed by atoms with Gasteiger partial charge in [0.15, 0.2) is 5.65 Å². The molecular formula is C15H18N6S. The maximum Gasteiger partial charge on any atom is 0.228 e. The Morgan fingerprint density at radius 2 is 2.00 bits per heavy atom. The number of rotatable bonds is 2. The largest absolute Gasteiger partial charge is 0.383 e. The molecule has 2 N–H and O–H groups in total. The number of aromatic nitrogens is 4. The summed E-state index contributed by atoms with van der Waals surface area (Å²) in [6, 6.07) is 4.10. The number of hydrogen-bond acceptors (Lipinski definition) is 6. The Labute approximate surface area is 132 Å². The van der Waals surface area contributed by atoms with Gasteiger partial charge in [0, 0.05) is 20.1 Å². The number of nitrogen functional groups attached to an aromatic ring is 1. The van der Waals surface area contributed by atoms with Gasteiger partial charge in [-0.05, 0) is 30.7 Å². The second kappa shape index (κ2) is 5.24. The summed E-state index contributed by atoms with van der Waals surface area (Å²) in [6.07, 6.45) is 3.67. The molecule has 0 radical (unpaired) electrons. The lowest BCUT2D eigenvalue weighted by atomic mass is 10.1.